The first kappa shape index (κ1) is 13.4. The summed E-state index contributed by atoms with van der Waals surface area (Å²) in [4.78, 5) is 11.2. The highest BCUT2D eigenvalue weighted by molar-refractivity contribution is 7.89. The SMILES string of the molecule is COC(=O)C1CCN(S(=O)(=O)CCO)CC1. The number of aliphatic hydroxyl groups excluding tert-OH is 1. The molecule has 1 saturated heterocycles. The predicted molar refractivity (Wildman–Crippen MR) is 57.2 cm³/mol. The van der Waals surface area contributed by atoms with Crippen molar-refractivity contribution in [2.24, 2.45) is 5.92 Å². The van der Waals surface area contributed by atoms with E-state index in [1.54, 1.807) is 0 Å². The average molecular weight is 251 g/mol. The summed E-state index contributed by atoms with van der Waals surface area (Å²) in [5.74, 6) is -0.736. The van der Waals surface area contributed by atoms with E-state index in [0.29, 0.717) is 25.9 Å². The van der Waals surface area contributed by atoms with Crippen LogP contribution < -0.4 is 0 Å². The first-order valence-electron chi connectivity index (χ1n) is 5.17. The summed E-state index contributed by atoms with van der Waals surface area (Å²) in [5.41, 5.74) is 0. The first-order chi connectivity index (χ1) is 7.51. The van der Waals surface area contributed by atoms with Crippen LogP contribution in [0.1, 0.15) is 12.8 Å². The molecule has 1 N–H and O–H groups in total. The minimum Gasteiger partial charge on any atom is -0.469 e. The van der Waals surface area contributed by atoms with Gasteiger partial charge in [-0.05, 0) is 12.8 Å². The number of aliphatic hydroxyl groups is 1. The van der Waals surface area contributed by atoms with Crippen LogP contribution in [0.4, 0.5) is 0 Å². The third kappa shape index (κ3) is 3.16. The highest BCUT2D eigenvalue weighted by Crippen LogP contribution is 2.20. The Bertz CT molecular complexity index is 332. The quantitative estimate of drug-likeness (QED) is 0.661. The van der Waals surface area contributed by atoms with Crippen molar-refractivity contribution in [1.82, 2.24) is 4.31 Å². The second kappa shape index (κ2) is 5.60. The van der Waals surface area contributed by atoms with Crippen LogP contribution >= 0.6 is 0 Å². The van der Waals surface area contributed by atoms with E-state index in [9.17, 15) is 13.2 Å². The lowest BCUT2D eigenvalue weighted by atomic mass is 9.99. The van der Waals surface area contributed by atoms with Gasteiger partial charge in [0.1, 0.15) is 0 Å². The Labute approximate surface area is 95.2 Å². The van der Waals surface area contributed by atoms with Crippen molar-refractivity contribution in [2.75, 3.05) is 32.6 Å². The van der Waals surface area contributed by atoms with Gasteiger partial charge in [-0.2, -0.15) is 0 Å². The number of hydrogen-bond acceptors (Lipinski definition) is 5. The molecule has 1 rings (SSSR count). The third-order valence-electron chi connectivity index (χ3n) is 2.73. The van der Waals surface area contributed by atoms with Crippen molar-refractivity contribution < 1.29 is 23.1 Å². The molecule has 16 heavy (non-hydrogen) atoms. The lowest BCUT2D eigenvalue weighted by Gasteiger charge is -2.29. The van der Waals surface area contributed by atoms with Gasteiger partial charge in [0.2, 0.25) is 10.0 Å². The maximum atomic E-state index is 11.6. The summed E-state index contributed by atoms with van der Waals surface area (Å²) in [6.07, 6.45) is 0.967. The summed E-state index contributed by atoms with van der Waals surface area (Å²) < 4.78 is 29.1. The molecule has 1 fully saturated rings. The molecular weight excluding hydrogens is 234 g/mol. The van der Waals surface area contributed by atoms with E-state index in [1.807, 2.05) is 0 Å². The van der Waals surface area contributed by atoms with E-state index in [0.717, 1.165) is 0 Å². The van der Waals surface area contributed by atoms with E-state index in [4.69, 9.17) is 5.11 Å². The Kier molecular flexibility index (Phi) is 4.69. The van der Waals surface area contributed by atoms with Gasteiger partial charge in [-0.3, -0.25) is 4.79 Å². The van der Waals surface area contributed by atoms with Gasteiger partial charge in [0.05, 0.1) is 25.4 Å². The highest BCUT2D eigenvalue weighted by Gasteiger charge is 2.30. The minimum absolute atomic E-state index is 0.203. The van der Waals surface area contributed by atoms with Crippen molar-refractivity contribution in [3.8, 4) is 0 Å². The fourth-order valence-corrected chi connectivity index (χ4v) is 3.04. The van der Waals surface area contributed by atoms with E-state index in [1.165, 1.54) is 11.4 Å². The Morgan fingerprint density at radius 2 is 2.00 bits per heavy atom. The molecule has 1 aliphatic heterocycles. The molecule has 7 heteroatoms. The Morgan fingerprint density at radius 1 is 1.44 bits per heavy atom. The lowest BCUT2D eigenvalue weighted by molar-refractivity contribution is -0.146. The molecule has 0 spiro atoms. The Balaban J connectivity index is 2.52. The lowest BCUT2D eigenvalue weighted by Crippen LogP contribution is -2.42. The van der Waals surface area contributed by atoms with Crippen molar-refractivity contribution in [1.29, 1.82) is 0 Å². The van der Waals surface area contributed by atoms with Crippen LogP contribution in [0.25, 0.3) is 0 Å². The fourth-order valence-electron chi connectivity index (χ4n) is 1.78. The average Bonchev–Trinajstić information content (AvgIpc) is 2.28. The largest absolute Gasteiger partial charge is 0.469 e. The number of methoxy groups -OCH3 is 1. The van der Waals surface area contributed by atoms with Crippen LogP contribution in [0.5, 0.6) is 0 Å². The number of rotatable bonds is 4. The monoisotopic (exact) mass is 251 g/mol. The molecule has 0 amide bonds. The standard InChI is InChI=1S/C9H17NO5S/c1-15-9(12)8-2-4-10(5-3-8)16(13,14)7-6-11/h8,11H,2-7H2,1H3. The van der Waals surface area contributed by atoms with Gasteiger partial charge in [0.15, 0.2) is 0 Å². The molecule has 0 aromatic heterocycles. The molecule has 6 nitrogen and oxygen atoms in total. The molecule has 94 valence electrons. The summed E-state index contributed by atoms with van der Waals surface area (Å²) in [5, 5.41) is 8.63. The molecule has 0 bridgehead atoms. The molecule has 0 radical (unpaired) electrons. The van der Waals surface area contributed by atoms with Crippen molar-refractivity contribution in [3.63, 3.8) is 0 Å². The van der Waals surface area contributed by atoms with E-state index < -0.39 is 10.0 Å². The van der Waals surface area contributed by atoms with Crippen LogP contribution in [0.2, 0.25) is 0 Å². The smallest absolute Gasteiger partial charge is 0.308 e. The normalized spacial score (nSPS) is 19.6. The minimum atomic E-state index is -3.36. The first-order valence-corrected chi connectivity index (χ1v) is 6.78. The van der Waals surface area contributed by atoms with Crippen molar-refractivity contribution >= 4 is 16.0 Å². The second-order valence-electron chi connectivity index (χ2n) is 3.74. The maximum absolute atomic E-state index is 11.6. The number of piperidine rings is 1. The summed E-state index contributed by atoms with van der Waals surface area (Å²) in [6.45, 7) is 0.267. The van der Waals surface area contributed by atoms with Gasteiger partial charge in [-0.15, -0.1) is 0 Å². The number of sulfonamides is 1. The number of esters is 1. The molecule has 1 aliphatic rings. The van der Waals surface area contributed by atoms with Crippen molar-refractivity contribution in [3.05, 3.63) is 0 Å². The predicted octanol–water partition coefficient (Wildman–Crippen LogP) is -0.806. The van der Waals surface area contributed by atoms with E-state index in [2.05, 4.69) is 4.74 Å². The van der Waals surface area contributed by atoms with Gasteiger partial charge >= 0.3 is 5.97 Å². The molecule has 0 aromatic rings. The van der Waals surface area contributed by atoms with Crippen LogP contribution in [0.15, 0.2) is 0 Å². The fraction of sp³-hybridized carbons (Fsp3) is 0.889. The zero-order chi connectivity index (χ0) is 12.2. The number of hydrogen-bond donors (Lipinski definition) is 1. The molecule has 0 aromatic carbocycles. The van der Waals surface area contributed by atoms with E-state index >= 15 is 0 Å². The topological polar surface area (TPSA) is 83.9 Å². The third-order valence-corrected chi connectivity index (χ3v) is 4.58. The van der Waals surface area contributed by atoms with Crippen LogP contribution in [0.3, 0.4) is 0 Å². The molecular formula is C9H17NO5S. The number of nitrogens with zero attached hydrogens (tertiary/aromatic N) is 1. The van der Waals surface area contributed by atoms with Gasteiger partial charge in [-0.1, -0.05) is 0 Å². The van der Waals surface area contributed by atoms with Gasteiger partial charge in [-0.25, -0.2) is 12.7 Å². The number of ether oxygens (including phenoxy) is 1. The Hall–Kier alpha value is -0.660. The van der Waals surface area contributed by atoms with Crippen LogP contribution in [-0.2, 0) is 19.6 Å². The number of carbonyl (C=O) groups is 1. The molecule has 0 unspecified atom stereocenters. The molecule has 1 heterocycles. The van der Waals surface area contributed by atoms with Gasteiger partial charge in [0, 0.05) is 13.1 Å². The second-order valence-corrected chi connectivity index (χ2v) is 5.82. The summed E-state index contributed by atoms with van der Waals surface area (Å²) in [6, 6.07) is 0. The maximum Gasteiger partial charge on any atom is 0.308 e. The summed E-state index contributed by atoms with van der Waals surface area (Å²) >= 11 is 0. The highest BCUT2D eigenvalue weighted by atomic mass is 32.2. The van der Waals surface area contributed by atoms with Crippen LogP contribution in [-0.4, -0.2) is 56.4 Å². The summed E-state index contributed by atoms with van der Waals surface area (Å²) in [7, 11) is -2.03. The zero-order valence-electron chi connectivity index (χ0n) is 9.26. The zero-order valence-corrected chi connectivity index (χ0v) is 10.1. The van der Waals surface area contributed by atoms with Gasteiger partial charge < -0.3 is 9.84 Å². The molecule has 0 aliphatic carbocycles. The van der Waals surface area contributed by atoms with Crippen LogP contribution in [0, 0.1) is 5.92 Å². The molecule has 0 saturated carbocycles. The Morgan fingerprint density at radius 3 is 2.44 bits per heavy atom. The van der Waals surface area contributed by atoms with E-state index in [-0.39, 0.29) is 24.2 Å². The number of carbonyl (C=O) groups excluding carboxylic acids is 1. The van der Waals surface area contributed by atoms with Gasteiger partial charge in [0.25, 0.3) is 0 Å². The van der Waals surface area contributed by atoms with Crippen molar-refractivity contribution in [2.45, 2.75) is 12.8 Å². The molecule has 0 atom stereocenters.